The Morgan fingerprint density at radius 1 is 1.55 bits per heavy atom. The first-order valence-corrected chi connectivity index (χ1v) is 4.28. The van der Waals surface area contributed by atoms with Crippen molar-refractivity contribution in [1.82, 2.24) is 15.7 Å². The maximum atomic E-state index is 4.94. The molecule has 0 saturated heterocycles. The summed E-state index contributed by atoms with van der Waals surface area (Å²) in [7, 11) is 0. The molecular formula is C6H11N3OS. The van der Waals surface area contributed by atoms with Crippen molar-refractivity contribution in [3.8, 4) is 0 Å². The van der Waals surface area contributed by atoms with E-state index in [1.165, 1.54) is 0 Å². The minimum absolute atomic E-state index is 0.638. The fourth-order valence-corrected chi connectivity index (χ4v) is 1.26. The molecule has 0 bridgehead atoms. The Morgan fingerprint density at radius 3 is 2.91 bits per heavy atom. The predicted molar refractivity (Wildman–Crippen MR) is 43.1 cm³/mol. The van der Waals surface area contributed by atoms with Crippen LogP contribution in [0.1, 0.15) is 16.9 Å². The summed E-state index contributed by atoms with van der Waals surface area (Å²) in [4.78, 5) is 4.94. The van der Waals surface area contributed by atoms with E-state index in [-0.39, 0.29) is 0 Å². The van der Waals surface area contributed by atoms with Crippen LogP contribution in [0.5, 0.6) is 0 Å². The first-order valence-electron chi connectivity index (χ1n) is 3.46. The largest absolute Gasteiger partial charge is 0.302 e. The molecule has 1 N–H and O–H groups in total. The van der Waals surface area contributed by atoms with E-state index in [1.807, 2.05) is 13.8 Å². The molecule has 0 amide bonds. The summed E-state index contributed by atoms with van der Waals surface area (Å²) in [5.74, 6) is 0. The lowest BCUT2D eigenvalue weighted by molar-refractivity contribution is 0.0462. The highest BCUT2D eigenvalue weighted by atomic mass is 32.1. The Bertz CT molecular complexity index is 213. The summed E-state index contributed by atoms with van der Waals surface area (Å²) in [5.41, 5.74) is 2.77. The highest BCUT2D eigenvalue weighted by molar-refractivity contribution is 7.11. The summed E-state index contributed by atoms with van der Waals surface area (Å²) in [6, 6.07) is 0. The molecule has 1 aromatic heterocycles. The van der Waals surface area contributed by atoms with Gasteiger partial charge in [0.1, 0.15) is 10.0 Å². The fraction of sp³-hybridized carbons (Fsp3) is 0.667. The van der Waals surface area contributed by atoms with Crippen LogP contribution in [0.4, 0.5) is 0 Å². The zero-order chi connectivity index (χ0) is 8.10. The molecule has 1 heterocycles. The molecule has 4 nitrogen and oxygen atoms in total. The second kappa shape index (κ2) is 4.38. The van der Waals surface area contributed by atoms with Crippen molar-refractivity contribution in [2.24, 2.45) is 0 Å². The number of rotatable bonds is 4. The van der Waals surface area contributed by atoms with Crippen molar-refractivity contribution in [3.05, 3.63) is 10.0 Å². The van der Waals surface area contributed by atoms with E-state index in [0.29, 0.717) is 13.2 Å². The average molecular weight is 173 g/mol. The Morgan fingerprint density at radius 2 is 2.36 bits per heavy atom. The number of hydrogen-bond acceptors (Lipinski definition) is 5. The first kappa shape index (κ1) is 8.58. The highest BCUT2D eigenvalue weighted by Gasteiger charge is 1.97. The standard InChI is InChI=1S/C6H11N3OS/c1-3-10-7-4-6-9-8-5(2)11-6/h7H,3-4H2,1-2H3. The van der Waals surface area contributed by atoms with Crippen LogP contribution in [0.3, 0.4) is 0 Å². The molecule has 1 aromatic rings. The molecule has 0 aliphatic carbocycles. The Hall–Kier alpha value is -0.520. The van der Waals surface area contributed by atoms with Gasteiger partial charge in [-0.3, -0.25) is 0 Å². The van der Waals surface area contributed by atoms with Gasteiger partial charge in [-0.1, -0.05) is 0 Å². The summed E-state index contributed by atoms with van der Waals surface area (Å²) in [6.07, 6.45) is 0. The van der Waals surface area contributed by atoms with Crippen molar-refractivity contribution in [1.29, 1.82) is 0 Å². The quantitative estimate of drug-likeness (QED) is 0.542. The number of aromatic nitrogens is 2. The van der Waals surface area contributed by atoms with E-state index in [4.69, 9.17) is 4.84 Å². The molecule has 0 unspecified atom stereocenters. The lowest BCUT2D eigenvalue weighted by atomic mass is 10.7. The number of aryl methyl sites for hydroxylation is 1. The monoisotopic (exact) mass is 173 g/mol. The highest BCUT2D eigenvalue weighted by Crippen LogP contribution is 2.06. The molecule has 11 heavy (non-hydrogen) atoms. The normalized spacial score (nSPS) is 10.4. The molecule has 0 aliphatic rings. The number of nitrogens with one attached hydrogen (secondary N) is 1. The predicted octanol–water partition coefficient (Wildman–Crippen LogP) is 0.888. The Kier molecular flexibility index (Phi) is 3.41. The molecule has 0 saturated carbocycles. The lowest BCUT2D eigenvalue weighted by Gasteiger charge is -1.97. The van der Waals surface area contributed by atoms with E-state index in [2.05, 4.69) is 15.7 Å². The van der Waals surface area contributed by atoms with Crippen LogP contribution in [0.15, 0.2) is 0 Å². The third kappa shape index (κ3) is 2.92. The van der Waals surface area contributed by atoms with Crippen molar-refractivity contribution in [2.45, 2.75) is 20.4 Å². The minimum atomic E-state index is 0.638. The third-order valence-corrected chi connectivity index (χ3v) is 1.88. The smallest absolute Gasteiger partial charge is 0.133 e. The van der Waals surface area contributed by atoms with Crippen LogP contribution in [0.2, 0.25) is 0 Å². The van der Waals surface area contributed by atoms with Crippen LogP contribution in [-0.4, -0.2) is 16.8 Å². The van der Waals surface area contributed by atoms with Crippen LogP contribution in [-0.2, 0) is 11.4 Å². The molecule has 0 radical (unpaired) electrons. The summed E-state index contributed by atoms with van der Waals surface area (Å²) in [5, 5.41) is 9.72. The van der Waals surface area contributed by atoms with Crippen molar-refractivity contribution >= 4 is 11.3 Å². The van der Waals surface area contributed by atoms with Gasteiger partial charge in [0.05, 0.1) is 13.2 Å². The van der Waals surface area contributed by atoms with Gasteiger partial charge in [0.15, 0.2) is 0 Å². The van der Waals surface area contributed by atoms with Crippen LogP contribution in [0.25, 0.3) is 0 Å². The number of nitrogens with zero attached hydrogens (tertiary/aromatic N) is 2. The number of hydrogen-bond donors (Lipinski definition) is 1. The summed E-state index contributed by atoms with van der Waals surface area (Å²) < 4.78 is 0. The van der Waals surface area contributed by atoms with Gasteiger partial charge in [0.2, 0.25) is 0 Å². The third-order valence-electron chi connectivity index (χ3n) is 1.04. The van der Waals surface area contributed by atoms with Crippen LogP contribution < -0.4 is 5.48 Å². The molecule has 0 spiro atoms. The lowest BCUT2D eigenvalue weighted by Crippen LogP contribution is -2.13. The maximum absolute atomic E-state index is 4.94. The van der Waals surface area contributed by atoms with Gasteiger partial charge in [-0.05, 0) is 13.8 Å². The second-order valence-corrected chi connectivity index (χ2v) is 3.24. The van der Waals surface area contributed by atoms with E-state index in [0.717, 1.165) is 10.0 Å². The summed E-state index contributed by atoms with van der Waals surface area (Å²) >= 11 is 1.57. The SMILES string of the molecule is CCONCc1nnc(C)s1. The molecule has 1 rings (SSSR count). The van der Waals surface area contributed by atoms with Gasteiger partial charge in [0.25, 0.3) is 0 Å². The van der Waals surface area contributed by atoms with E-state index < -0.39 is 0 Å². The molecule has 0 atom stereocenters. The molecule has 62 valence electrons. The van der Waals surface area contributed by atoms with Gasteiger partial charge in [-0.25, -0.2) is 0 Å². The van der Waals surface area contributed by atoms with Gasteiger partial charge >= 0.3 is 0 Å². The Balaban J connectivity index is 2.27. The van der Waals surface area contributed by atoms with E-state index >= 15 is 0 Å². The van der Waals surface area contributed by atoms with Crippen molar-refractivity contribution in [2.75, 3.05) is 6.61 Å². The topological polar surface area (TPSA) is 47.0 Å². The van der Waals surface area contributed by atoms with Gasteiger partial charge < -0.3 is 4.84 Å². The molecule has 0 aromatic carbocycles. The fourth-order valence-electron chi connectivity index (χ4n) is 0.624. The minimum Gasteiger partial charge on any atom is -0.302 e. The van der Waals surface area contributed by atoms with Gasteiger partial charge in [-0.15, -0.1) is 21.5 Å². The molecule has 0 fully saturated rings. The van der Waals surface area contributed by atoms with Crippen LogP contribution >= 0.6 is 11.3 Å². The average Bonchev–Trinajstić information content (AvgIpc) is 2.37. The maximum Gasteiger partial charge on any atom is 0.133 e. The molecule has 5 heteroatoms. The van der Waals surface area contributed by atoms with Crippen molar-refractivity contribution < 1.29 is 4.84 Å². The zero-order valence-corrected chi connectivity index (χ0v) is 7.44. The summed E-state index contributed by atoms with van der Waals surface area (Å²) in [6.45, 7) is 5.16. The van der Waals surface area contributed by atoms with Crippen molar-refractivity contribution in [3.63, 3.8) is 0 Å². The second-order valence-electron chi connectivity index (χ2n) is 1.97. The first-order chi connectivity index (χ1) is 5.33. The van der Waals surface area contributed by atoms with Gasteiger partial charge in [-0.2, -0.15) is 5.48 Å². The number of hydroxylamine groups is 1. The zero-order valence-electron chi connectivity index (χ0n) is 6.63. The van der Waals surface area contributed by atoms with E-state index in [1.54, 1.807) is 11.3 Å². The van der Waals surface area contributed by atoms with Crippen LogP contribution in [0, 0.1) is 6.92 Å². The van der Waals surface area contributed by atoms with Gasteiger partial charge in [0, 0.05) is 0 Å². The Labute approximate surface area is 69.6 Å². The molecular weight excluding hydrogens is 162 g/mol. The van der Waals surface area contributed by atoms with E-state index in [9.17, 15) is 0 Å². The molecule has 0 aliphatic heterocycles.